The highest BCUT2D eigenvalue weighted by Crippen LogP contribution is 2.25. The lowest BCUT2D eigenvalue weighted by atomic mass is 10.1. The van der Waals surface area contributed by atoms with Crippen molar-refractivity contribution in [3.63, 3.8) is 0 Å². The summed E-state index contributed by atoms with van der Waals surface area (Å²) in [5, 5.41) is 0. The topological polar surface area (TPSA) is 104 Å². The summed E-state index contributed by atoms with van der Waals surface area (Å²) >= 11 is 0. The van der Waals surface area contributed by atoms with Gasteiger partial charge in [-0.3, -0.25) is 4.79 Å². The smallest absolute Gasteiger partial charge is 0.355 e. The Labute approximate surface area is 162 Å². The van der Waals surface area contributed by atoms with E-state index in [4.69, 9.17) is 18.9 Å². The Morgan fingerprint density at radius 2 is 1.68 bits per heavy atom. The van der Waals surface area contributed by atoms with Gasteiger partial charge in [-0.2, -0.15) is 0 Å². The van der Waals surface area contributed by atoms with Gasteiger partial charge < -0.3 is 23.9 Å². The van der Waals surface area contributed by atoms with Crippen molar-refractivity contribution in [3.8, 4) is 11.5 Å². The van der Waals surface area contributed by atoms with Crippen LogP contribution in [0, 0.1) is 13.8 Å². The zero-order valence-electron chi connectivity index (χ0n) is 16.3. The predicted molar refractivity (Wildman–Crippen MR) is 100 cm³/mol. The van der Waals surface area contributed by atoms with Gasteiger partial charge in [-0.1, -0.05) is 12.1 Å². The van der Waals surface area contributed by atoms with Crippen molar-refractivity contribution in [2.45, 2.75) is 20.8 Å². The van der Waals surface area contributed by atoms with Crippen LogP contribution in [0.2, 0.25) is 0 Å². The normalized spacial score (nSPS) is 10.3. The summed E-state index contributed by atoms with van der Waals surface area (Å²) < 4.78 is 20.4. The number of ether oxygens (including phenoxy) is 4. The summed E-state index contributed by atoms with van der Waals surface area (Å²) in [5.41, 5.74) is 1.49. The number of aromatic amines is 1. The predicted octanol–water partition coefficient (Wildman–Crippen LogP) is 2.62. The van der Waals surface area contributed by atoms with Crippen molar-refractivity contribution in [2.75, 3.05) is 26.9 Å². The minimum atomic E-state index is -0.698. The quantitative estimate of drug-likeness (QED) is 0.519. The van der Waals surface area contributed by atoms with Crippen molar-refractivity contribution in [3.05, 3.63) is 46.8 Å². The molecule has 2 rings (SSSR count). The van der Waals surface area contributed by atoms with Crippen LogP contribution in [-0.2, 0) is 14.3 Å². The number of ketones is 1. The fourth-order valence-electron chi connectivity index (χ4n) is 2.71. The van der Waals surface area contributed by atoms with Crippen molar-refractivity contribution in [1.29, 1.82) is 0 Å². The monoisotopic (exact) mass is 389 g/mol. The maximum absolute atomic E-state index is 12.4. The molecule has 0 fully saturated rings. The van der Waals surface area contributed by atoms with Crippen LogP contribution in [-0.4, -0.2) is 49.6 Å². The Morgan fingerprint density at radius 3 is 2.32 bits per heavy atom. The van der Waals surface area contributed by atoms with Crippen LogP contribution in [0.15, 0.2) is 24.3 Å². The number of carbonyl (C=O) groups is 3. The highest BCUT2D eigenvalue weighted by molar-refractivity contribution is 6.03. The van der Waals surface area contributed by atoms with E-state index in [9.17, 15) is 14.4 Å². The molecule has 1 N–H and O–H groups in total. The first-order valence-corrected chi connectivity index (χ1v) is 8.69. The Bertz CT molecular complexity index is 869. The van der Waals surface area contributed by atoms with Gasteiger partial charge in [-0.15, -0.1) is 0 Å². The van der Waals surface area contributed by atoms with Gasteiger partial charge in [0.2, 0.25) is 5.78 Å². The van der Waals surface area contributed by atoms with E-state index < -0.39 is 24.3 Å². The third-order valence-corrected chi connectivity index (χ3v) is 3.97. The third-order valence-electron chi connectivity index (χ3n) is 3.97. The number of H-pyrrole nitrogens is 1. The molecule has 0 unspecified atom stereocenters. The van der Waals surface area contributed by atoms with Gasteiger partial charge in [0, 0.05) is 11.3 Å². The molecular formula is C20H23NO7. The Balaban J connectivity index is 1.95. The summed E-state index contributed by atoms with van der Waals surface area (Å²) in [5.74, 6) is -0.784. The van der Waals surface area contributed by atoms with E-state index in [2.05, 4.69) is 4.98 Å². The first-order valence-electron chi connectivity index (χ1n) is 8.69. The van der Waals surface area contributed by atoms with Gasteiger partial charge >= 0.3 is 11.9 Å². The second-order valence-electron chi connectivity index (χ2n) is 5.87. The molecule has 0 spiro atoms. The molecule has 0 saturated heterocycles. The summed E-state index contributed by atoms with van der Waals surface area (Å²) in [7, 11) is 1.49. The molecule has 0 bridgehead atoms. The standard InChI is InChI=1S/C20H23NO7/c1-5-26-20(24)19-12(2)18(13(3)21-19)14(22)10-28-17(23)11-27-16-9-7-6-8-15(16)25-4/h6-9,21H,5,10-11H2,1-4H3. The van der Waals surface area contributed by atoms with Crippen molar-refractivity contribution in [1.82, 2.24) is 4.98 Å². The number of nitrogens with one attached hydrogen (secondary N) is 1. The zero-order chi connectivity index (χ0) is 20.7. The number of aryl methyl sites for hydroxylation is 1. The van der Waals surface area contributed by atoms with Gasteiger partial charge in [-0.05, 0) is 38.5 Å². The van der Waals surface area contributed by atoms with Gasteiger partial charge in [0.25, 0.3) is 0 Å². The molecule has 0 radical (unpaired) electrons. The maximum Gasteiger partial charge on any atom is 0.355 e. The van der Waals surface area contributed by atoms with Gasteiger partial charge in [0.1, 0.15) is 5.69 Å². The van der Waals surface area contributed by atoms with Crippen LogP contribution in [0.25, 0.3) is 0 Å². The molecule has 0 saturated carbocycles. The number of rotatable bonds is 9. The van der Waals surface area contributed by atoms with E-state index in [1.165, 1.54) is 7.11 Å². The molecule has 0 aliphatic carbocycles. The molecule has 1 heterocycles. The number of benzene rings is 1. The number of esters is 2. The average molecular weight is 389 g/mol. The molecule has 28 heavy (non-hydrogen) atoms. The molecule has 2 aromatic rings. The fraction of sp³-hybridized carbons (Fsp3) is 0.350. The number of hydrogen-bond acceptors (Lipinski definition) is 7. The minimum absolute atomic E-state index is 0.216. The van der Waals surface area contributed by atoms with E-state index in [0.29, 0.717) is 28.3 Å². The second-order valence-corrected chi connectivity index (χ2v) is 5.87. The minimum Gasteiger partial charge on any atom is -0.493 e. The second kappa shape index (κ2) is 9.59. The van der Waals surface area contributed by atoms with Crippen molar-refractivity contribution >= 4 is 17.7 Å². The molecular weight excluding hydrogens is 366 g/mol. The lowest BCUT2D eigenvalue weighted by Gasteiger charge is -2.10. The zero-order valence-corrected chi connectivity index (χ0v) is 16.3. The van der Waals surface area contributed by atoms with E-state index in [-0.39, 0.29) is 18.9 Å². The highest BCUT2D eigenvalue weighted by atomic mass is 16.6. The summed E-state index contributed by atoms with van der Waals surface area (Å²) in [4.78, 5) is 39.1. The first-order chi connectivity index (χ1) is 13.4. The van der Waals surface area contributed by atoms with Gasteiger partial charge in [0.05, 0.1) is 13.7 Å². The molecule has 8 heteroatoms. The first kappa shape index (κ1) is 21.0. The molecule has 1 aromatic carbocycles. The lowest BCUT2D eigenvalue weighted by Crippen LogP contribution is -2.20. The molecule has 150 valence electrons. The molecule has 1 aromatic heterocycles. The number of hydrogen-bond donors (Lipinski definition) is 1. The van der Waals surface area contributed by atoms with Crippen LogP contribution >= 0.6 is 0 Å². The third kappa shape index (κ3) is 4.91. The Hall–Kier alpha value is -3.29. The number of Topliss-reactive ketones (excluding diaryl/α,β-unsaturated/α-hetero) is 1. The van der Waals surface area contributed by atoms with Crippen molar-refractivity contribution in [2.24, 2.45) is 0 Å². The number of aromatic nitrogens is 1. The number of methoxy groups -OCH3 is 1. The van der Waals surface area contributed by atoms with Crippen molar-refractivity contribution < 1.29 is 33.3 Å². The van der Waals surface area contributed by atoms with Crippen LogP contribution in [0.5, 0.6) is 11.5 Å². The lowest BCUT2D eigenvalue weighted by molar-refractivity contribution is -0.144. The number of carbonyl (C=O) groups excluding carboxylic acids is 3. The molecule has 0 aliphatic heterocycles. The van der Waals surface area contributed by atoms with Crippen LogP contribution in [0.3, 0.4) is 0 Å². The molecule has 0 amide bonds. The summed E-state index contributed by atoms with van der Waals surface area (Å²) in [6.07, 6.45) is 0. The summed E-state index contributed by atoms with van der Waals surface area (Å²) in [6, 6.07) is 6.86. The Kier molecular flexibility index (Phi) is 7.20. The largest absolute Gasteiger partial charge is 0.493 e. The molecule has 0 aliphatic rings. The van der Waals surface area contributed by atoms with Gasteiger partial charge in [-0.25, -0.2) is 9.59 Å². The average Bonchev–Trinajstić information content (AvgIpc) is 2.99. The SMILES string of the molecule is CCOC(=O)c1[nH]c(C)c(C(=O)COC(=O)COc2ccccc2OC)c1C. The fourth-order valence-corrected chi connectivity index (χ4v) is 2.71. The van der Waals surface area contributed by atoms with Gasteiger partial charge in [0.15, 0.2) is 24.7 Å². The summed E-state index contributed by atoms with van der Waals surface area (Å²) in [6.45, 7) is 4.39. The van der Waals surface area contributed by atoms with Crippen LogP contribution in [0.1, 0.15) is 39.0 Å². The number of para-hydroxylation sites is 2. The van der Waals surface area contributed by atoms with E-state index >= 15 is 0 Å². The van der Waals surface area contributed by atoms with E-state index in [1.807, 2.05) is 0 Å². The Morgan fingerprint density at radius 1 is 1.00 bits per heavy atom. The maximum atomic E-state index is 12.4. The molecule has 0 atom stereocenters. The van der Waals surface area contributed by atoms with Crippen LogP contribution in [0.4, 0.5) is 0 Å². The van der Waals surface area contributed by atoms with E-state index in [0.717, 1.165) is 0 Å². The van der Waals surface area contributed by atoms with Crippen LogP contribution < -0.4 is 9.47 Å². The molecule has 8 nitrogen and oxygen atoms in total. The van der Waals surface area contributed by atoms with E-state index in [1.54, 1.807) is 45.0 Å². The highest BCUT2D eigenvalue weighted by Gasteiger charge is 2.23.